The lowest BCUT2D eigenvalue weighted by molar-refractivity contribution is -0.124. The molecule has 0 bridgehead atoms. The number of para-hydroxylation sites is 1. The smallest absolute Gasteiger partial charge is 0.238 e. The number of aliphatic hydroxyl groups is 1. The minimum atomic E-state index is -0.449. The summed E-state index contributed by atoms with van der Waals surface area (Å²) in [6.45, 7) is -0.0554. The van der Waals surface area contributed by atoms with Gasteiger partial charge < -0.3 is 10.0 Å². The number of hydrogen-bond donors (Lipinski definition) is 1. The molecule has 0 aromatic heterocycles. The van der Waals surface area contributed by atoms with Gasteiger partial charge in [0.15, 0.2) is 0 Å². The van der Waals surface area contributed by atoms with Crippen LogP contribution in [0.4, 0.5) is 10.1 Å². The number of hydrogen-bond acceptors (Lipinski definition) is 2. The molecule has 3 nitrogen and oxygen atoms in total. The minimum absolute atomic E-state index is 0.0554. The van der Waals surface area contributed by atoms with Crippen LogP contribution in [0.25, 0.3) is 0 Å². The van der Waals surface area contributed by atoms with Crippen LogP contribution in [0, 0.1) is 5.82 Å². The van der Waals surface area contributed by atoms with Crippen molar-refractivity contribution >= 4 is 11.6 Å². The second-order valence-electron chi connectivity index (χ2n) is 7.42. The van der Waals surface area contributed by atoms with Gasteiger partial charge in [-0.25, -0.2) is 4.39 Å². The summed E-state index contributed by atoms with van der Waals surface area (Å²) in [5, 5.41) is 9.63. The van der Waals surface area contributed by atoms with Crippen LogP contribution in [-0.4, -0.2) is 17.6 Å². The second-order valence-corrected chi connectivity index (χ2v) is 7.42. The van der Waals surface area contributed by atoms with Crippen LogP contribution in [-0.2, 0) is 10.2 Å². The van der Waals surface area contributed by atoms with Crippen molar-refractivity contribution in [1.29, 1.82) is 0 Å². The van der Waals surface area contributed by atoms with Crippen molar-refractivity contribution in [2.24, 2.45) is 0 Å². The molecule has 1 heterocycles. The molecular formula is C22H24FNO2. The van der Waals surface area contributed by atoms with Gasteiger partial charge in [-0.3, -0.25) is 4.79 Å². The number of fused-ring (bicyclic) bond motifs is 2. The van der Waals surface area contributed by atoms with Crippen LogP contribution in [0.15, 0.2) is 48.5 Å². The molecule has 1 atom stereocenters. The summed E-state index contributed by atoms with van der Waals surface area (Å²) in [6.07, 6.45) is 5.40. The van der Waals surface area contributed by atoms with E-state index in [1.807, 2.05) is 29.2 Å². The zero-order valence-electron chi connectivity index (χ0n) is 14.8. The highest BCUT2D eigenvalue weighted by Gasteiger charge is 2.52. The van der Waals surface area contributed by atoms with E-state index < -0.39 is 5.41 Å². The monoisotopic (exact) mass is 353 g/mol. The Morgan fingerprint density at radius 3 is 2.58 bits per heavy atom. The molecule has 0 saturated heterocycles. The van der Waals surface area contributed by atoms with Crippen LogP contribution in [0.1, 0.15) is 55.7 Å². The molecule has 2 aromatic rings. The van der Waals surface area contributed by atoms with E-state index in [-0.39, 0.29) is 24.4 Å². The summed E-state index contributed by atoms with van der Waals surface area (Å²) < 4.78 is 13.8. The number of anilines is 1. The first-order chi connectivity index (χ1) is 12.7. The number of carbonyl (C=O) groups is 1. The van der Waals surface area contributed by atoms with Crippen LogP contribution < -0.4 is 4.90 Å². The Morgan fingerprint density at radius 1 is 1.08 bits per heavy atom. The molecule has 1 saturated carbocycles. The SMILES string of the molecule is O=C1N(C(CCO)c2cccc(F)c2)c2ccccc2C12CCCCC2. The number of carbonyl (C=O) groups excluding carboxylic acids is 1. The van der Waals surface area contributed by atoms with Crippen molar-refractivity contribution in [3.05, 3.63) is 65.5 Å². The molecule has 4 heteroatoms. The van der Waals surface area contributed by atoms with Crippen molar-refractivity contribution in [2.75, 3.05) is 11.5 Å². The highest BCUT2D eigenvalue weighted by Crippen LogP contribution is 2.52. The zero-order chi connectivity index (χ0) is 18.1. The Balaban J connectivity index is 1.83. The van der Waals surface area contributed by atoms with E-state index >= 15 is 0 Å². The van der Waals surface area contributed by atoms with E-state index in [0.717, 1.165) is 42.5 Å². The number of aliphatic hydroxyl groups excluding tert-OH is 1. The molecule has 1 N–H and O–H groups in total. The molecule has 1 spiro atoms. The van der Waals surface area contributed by atoms with Crippen molar-refractivity contribution < 1.29 is 14.3 Å². The largest absolute Gasteiger partial charge is 0.396 e. The fraction of sp³-hybridized carbons (Fsp3) is 0.409. The summed E-state index contributed by atoms with van der Waals surface area (Å²) in [5.41, 5.74) is 2.30. The van der Waals surface area contributed by atoms with E-state index in [1.54, 1.807) is 6.07 Å². The van der Waals surface area contributed by atoms with Crippen LogP contribution in [0.3, 0.4) is 0 Å². The highest BCUT2D eigenvalue weighted by atomic mass is 19.1. The zero-order valence-corrected chi connectivity index (χ0v) is 14.8. The predicted octanol–water partition coefficient (Wildman–Crippen LogP) is 4.50. The molecule has 26 heavy (non-hydrogen) atoms. The minimum Gasteiger partial charge on any atom is -0.396 e. The first-order valence-corrected chi connectivity index (χ1v) is 9.47. The third-order valence-corrected chi connectivity index (χ3v) is 5.96. The average molecular weight is 353 g/mol. The van der Waals surface area contributed by atoms with Gasteiger partial charge in [0.2, 0.25) is 5.91 Å². The fourth-order valence-electron chi connectivity index (χ4n) is 4.77. The third-order valence-electron chi connectivity index (χ3n) is 5.96. The van der Waals surface area contributed by atoms with Gasteiger partial charge in [0.05, 0.1) is 11.5 Å². The summed E-state index contributed by atoms with van der Waals surface area (Å²) >= 11 is 0. The highest BCUT2D eigenvalue weighted by molar-refractivity contribution is 6.08. The van der Waals surface area contributed by atoms with Crippen molar-refractivity contribution in [3.63, 3.8) is 0 Å². The van der Waals surface area contributed by atoms with Gasteiger partial charge in [-0.15, -0.1) is 0 Å². The summed E-state index contributed by atoms with van der Waals surface area (Å²) in [5.74, 6) is -0.209. The molecule has 1 amide bonds. The van der Waals surface area contributed by atoms with Gasteiger partial charge in [-0.1, -0.05) is 49.6 Å². The maximum Gasteiger partial charge on any atom is 0.238 e. The summed E-state index contributed by atoms with van der Waals surface area (Å²) in [4.78, 5) is 15.5. The molecule has 4 rings (SSSR count). The lowest BCUT2D eigenvalue weighted by Crippen LogP contribution is -2.43. The molecule has 2 aliphatic rings. The topological polar surface area (TPSA) is 40.5 Å². The fourth-order valence-corrected chi connectivity index (χ4v) is 4.77. The Kier molecular flexibility index (Phi) is 4.53. The van der Waals surface area contributed by atoms with E-state index in [1.165, 1.54) is 18.6 Å². The lowest BCUT2D eigenvalue weighted by Gasteiger charge is -2.34. The van der Waals surface area contributed by atoms with E-state index in [2.05, 4.69) is 6.07 Å². The predicted molar refractivity (Wildman–Crippen MR) is 99.5 cm³/mol. The van der Waals surface area contributed by atoms with Crippen LogP contribution in [0.5, 0.6) is 0 Å². The number of halogens is 1. The van der Waals surface area contributed by atoms with Gasteiger partial charge in [-0.05, 0) is 48.6 Å². The molecule has 1 aliphatic carbocycles. The van der Waals surface area contributed by atoms with Crippen molar-refractivity contribution in [2.45, 2.75) is 50.0 Å². The maximum atomic E-state index is 13.8. The number of benzene rings is 2. The van der Waals surface area contributed by atoms with E-state index in [4.69, 9.17) is 0 Å². The first-order valence-electron chi connectivity index (χ1n) is 9.47. The first kappa shape index (κ1) is 17.2. The average Bonchev–Trinajstić information content (AvgIpc) is 2.89. The maximum absolute atomic E-state index is 13.8. The molecule has 1 aliphatic heterocycles. The molecule has 1 unspecified atom stereocenters. The second kappa shape index (κ2) is 6.84. The Morgan fingerprint density at radius 2 is 1.85 bits per heavy atom. The number of rotatable bonds is 4. The number of amides is 1. The van der Waals surface area contributed by atoms with Gasteiger partial charge in [0, 0.05) is 12.3 Å². The Hall–Kier alpha value is -2.20. The Labute approximate surface area is 153 Å². The van der Waals surface area contributed by atoms with Gasteiger partial charge >= 0.3 is 0 Å². The van der Waals surface area contributed by atoms with Crippen molar-refractivity contribution in [3.8, 4) is 0 Å². The molecule has 2 aromatic carbocycles. The van der Waals surface area contributed by atoms with Gasteiger partial charge in [-0.2, -0.15) is 0 Å². The van der Waals surface area contributed by atoms with Crippen LogP contribution >= 0.6 is 0 Å². The summed E-state index contributed by atoms with van der Waals surface area (Å²) in [6, 6.07) is 14.0. The van der Waals surface area contributed by atoms with E-state index in [9.17, 15) is 14.3 Å². The van der Waals surface area contributed by atoms with Gasteiger partial charge in [0.25, 0.3) is 0 Å². The Bertz CT molecular complexity index is 813. The summed E-state index contributed by atoms with van der Waals surface area (Å²) in [7, 11) is 0. The van der Waals surface area contributed by atoms with E-state index in [0.29, 0.717) is 6.42 Å². The number of nitrogens with zero attached hydrogens (tertiary/aromatic N) is 1. The molecule has 1 fully saturated rings. The molecular weight excluding hydrogens is 329 g/mol. The van der Waals surface area contributed by atoms with Gasteiger partial charge in [0.1, 0.15) is 5.82 Å². The standard InChI is InChI=1S/C22H24FNO2/c23-17-8-6-7-16(15-17)19(11-14-25)24-20-10-3-2-9-18(20)22(21(24)26)12-4-1-5-13-22/h2-3,6-10,15,19,25H,1,4-5,11-14H2. The lowest BCUT2D eigenvalue weighted by atomic mass is 9.70. The molecule has 136 valence electrons. The third kappa shape index (κ3) is 2.64. The molecule has 0 radical (unpaired) electrons. The quantitative estimate of drug-likeness (QED) is 0.879. The van der Waals surface area contributed by atoms with Crippen molar-refractivity contribution in [1.82, 2.24) is 0 Å². The van der Waals surface area contributed by atoms with Crippen LogP contribution in [0.2, 0.25) is 0 Å². The normalized spacial score (nSPS) is 19.6.